The first-order valence-electron chi connectivity index (χ1n) is 13.1. The van der Waals surface area contributed by atoms with Crippen molar-refractivity contribution in [3.05, 3.63) is 34.9 Å². The maximum Gasteiger partial charge on any atom is 0.230 e. The van der Waals surface area contributed by atoms with Gasteiger partial charge < -0.3 is 20.1 Å². The Morgan fingerprint density at radius 3 is 2.44 bits per heavy atom. The average Bonchev–Trinajstić information content (AvgIpc) is 2.78. The molecule has 1 saturated heterocycles. The number of rotatable bonds is 6. The maximum atomic E-state index is 13.6. The Labute approximate surface area is 203 Å². The molecule has 4 saturated carbocycles. The number of carbonyl (C=O) groups excluding carboxylic acids is 2. The molecule has 34 heavy (non-hydrogen) atoms. The molecule has 1 unspecified atom stereocenters. The fraction of sp³-hybridized carbons (Fsp3) is 0.714. The number of morpholine rings is 1. The molecule has 1 aromatic rings. The van der Waals surface area contributed by atoms with E-state index in [9.17, 15) is 14.7 Å². The van der Waals surface area contributed by atoms with Gasteiger partial charge in [0.15, 0.2) is 0 Å². The number of ether oxygens (including phenoxy) is 1. The van der Waals surface area contributed by atoms with Crippen molar-refractivity contribution < 1.29 is 19.4 Å². The summed E-state index contributed by atoms with van der Waals surface area (Å²) in [4.78, 5) is 28.1. The van der Waals surface area contributed by atoms with Crippen LogP contribution in [-0.4, -0.2) is 59.8 Å². The molecule has 6 heteroatoms. The van der Waals surface area contributed by atoms with Crippen LogP contribution < -0.4 is 5.32 Å². The topological polar surface area (TPSA) is 78.9 Å². The summed E-state index contributed by atoms with van der Waals surface area (Å²) >= 11 is 0. The molecule has 0 radical (unpaired) electrons. The lowest BCUT2D eigenvalue weighted by Crippen LogP contribution is -2.62. The number of benzene rings is 1. The minimum absolute atomic E-state index is 0.0675. The van der Waals surface area contributed by atoms with Gasteiger partial charge in [0, 0.05) is 25.6 Å². The maximum absolute atomic E-state index is 13.6. The average molecular weight is 469 g/mol. The molecule has 5 fully saturated rings. The van der Waals surface area contributed by atoms with E-state index in [1.54, 1.807) is 0 Å². The zero-order valence-corrected chi connectivity index (χ0v) is 20.9. The number of hydrogen-bond acceptors (Lipinski definition) is 4. The molecule has 5 aliphatic rings. The molecule has 0 spiro atoms. The Hall–Kier alpha value is -1.92. The monoisotopic (exact) mass is 468 g/mol. The summed E-state index contributed by atoms with van der Waals surface area (Å²) < 4.78 is 5.35. The van der Waals surface area contributed by atoms with E-state index in [-0.39, 0.29) is 17.9 Å². The number of nitrogens with one attached hydrogen (secondary N) is 1. The van der Waals surface area contributed by atoms with Crippen LogP contribution in [0, 0.1) is 24.7 Å². The Morgan fingerprint density at radius 2 is 1.79 bits per heavy atom. The van der Waals surface area contributed by atoms with Crippen molar-refractivity contribution in [2.24, 2.45) is 17.8 Å². The van der Waals surface area contributed by atoms with Gasteiger partial charge in [0.2, 0.25) is 11.8 Å². The van der Waals surface area contributed by atoms with Crippen molar-refractivity contribution in [3.63, 3.8) is 0 Å². The quantitative estimate of drug-likeness (QED) is 0.672. The molecule has 0 aromatic heterocycles. The minimum Gasteiger partial charge on any atom is -0.390 e. The van der Waals surface area contributed by atoms with E-state index in [1.165, 1.54) is 0 Å². The van der Waals surface area contributed by atoms with E-state index in [2.05, 4.69) is 30.4 Å². The molecule has 186 valence electrons. The summed E-state index contributed by atoms with van der Waals surface area (Å²) in [7, 11) is 0. The second kappa shape index (κ2) is 8.94. The van der Waals surface area contributed by atoms with Gasteiger partial charge in [0.25, 0.3) is 0 Å². The predicted octanol–water partition coefficient (Wildman–Crippen LogP) is 3.12. The van der Waals surface area contributed by atoms with Gasteiger partial charge in [-0.15, -0.1) is 0 Å². The highest BCUT2D eigenvalue weighted by Crippen LogP contribution is 2.55. The van der Waals surface area contributed by atoms with E-state index in [0.717, 1.165) is 48.8 Å². The fourth-order valence-corrected chi connectivity index (χ4v) is 7.27. The lowest BCUT2D eigenvalue weighted by atomic mass is 9.52. The molecule has 6 rings (SSSR count). The van der Waals surface area contributed by atoms with Crippen molar-refractivity contribution >= 4 is 11.8 Å². The molecule has 1 aliphatic heterocycles. The SMILES string of the molecule is Cc1cc(CCC(=O)N2CCOCC2)cc(C(C)(C)C(=O)N[C@H]2[C@@H]3CC4C[C@H]2C[C@](O)(C4)C3)c1. The van der Waals surface area contributed by atoms with E-state index in [4.69, 9.17) is 4.74 Å². The second-order valence-electron chi connectivity index (χ2n) is 12.0. The molecular formula is C28H40N2O4. The summed E-state index contributed by atoms with van der Waals surface area (Å²) in [5.74, 6) is 1.67. The molecule has 4 bridgehead atoms. The van der Waals surface area contributed by atoms with Crippen LogP contribution in [0.5, 0.6) is 0 Å². The number of nitrogens with zero attached hydrogens (tertiary/aromatic N) is 1. The van der Waals surface area contributed by atoms with Crippen LogP contribution in [0.1, 0.15) is 69.1 Å². The zero-order valence-electron chi connectivity index (χ0n) is 20.9. The van der Waals surface area contributed by atoms with Crippen LogP contribution >= 0.6 is 0 Å². The number of aryl methyl sites for hydroxylation is 2. The van der Waals surface area contributed by atoms with Gasteiger partial charge in [-0.05, 0) is 88.2 Å². The number of amides is 2. The second-order valence-corrected chi connectivity index (χ2v) is 12.0. The van der Waals surface area contributed by atoms with Crippen molar-refractivity contribution in [3.8, 4) is 0 Å². The highest BCUT2D eigenvalue weighted by Gasteiger charge is 2.55. The van der Waals surface area contributed by atoms with E-state index in [0.29, 0.717) is 56.9 Å². The highest BCUT2D eigenvalue weighted by atomic mass is 16.5. The van der Waals surface area contributed by atoms with Crippen LogP contribution in [0.15, 0.2) is 18.2 Å². The van der Waals surface area contributed by atoms with Crippen molar-refractivity contribution in [1.82, 2.24) is 10.2 Å². The molecule has 4 aliphatic carbocycles. The number of hydrogen-bond donors (Lipinski definition) is 2. The highest BCUT2D eigenvalue weighted by molar-refractivity contribution is 5.87. The summed E-state index contributed by atoms with van der Waals surface area (Å²) in [6, 6.07) is 6.52. The normalized spacial score (nSPS) is 32.6. The van der Waals surface area contributed by atoms with Gasteiger partial charge in [0.05, 0.1) is 24.2 Å². The minimum atomic E-state index is -0.666. The van der Waals surface area contributed by atoms with Crippen molar-refractivity contribution in [2.45, 2.75) is 82.8 Å². The Kier molecular flexibility index (Phi) is 6.26. The van der Waals surface area contributed by atoms with Crippen LogP contribution in [0.4, 0.5) is 0 Å². The fourth-order valence-electron chi connectivity index (χ4n) is 7.27. The third-order valence-corrected chi connectivity index (χ3v) is 8.96. The predicted molar refractivity (Wildman–Crippen MR) is 130 cm³/mol. The third-order valence-electron chi connectivity index (χ3n) is 8.96. The summed E-state index contributed by atoms with van der Waals surface area (Å²) in [5, 5.41) is 14.3. The Balaban J connectivity index is 1.25. The van der Waals surface area contributed by atoms with E-state index >= 15 is 0 Å². The Morgan fingerprint density at radius 1 is 1.12 bits per heavy atom. The lowest BCUT2D eigenvalue weighted by Gasteiger charge is -2.58. The van der Waals surface area contributed by atoms with Crippen molar-refractivity contribution in [2.75, 3.05) is 26.3 Å². The molecule has 6 nitrogen and oxygen atoms in total. The van der Waals surface area contributed by atoms with Gasteiger partial charge in [-0.2, -0.15) is 0 Å². The van der Waals surface area contributed by atoms with Gasteiger partial charge in [-0.1, -0.05) is 23.8 Å². The smallest absolute Gasteiger partial charge is 0.230 e. The first kappa shape index (κ1) is 23.8. The molecule has 2 amide bonds. The number of aliphatic hydroxyl groups is 1. The van der Waals surface area contributed by atoms with Crippen LogP contribution in [0.25, 0.3) is 0 Å². The first-order valence-corrected chi connectivity index (χ1v) is 13.1. The molecule has 1 heterocycles. The van der Waals surface area contributed by atoms with Crippen molar-refractivity contribution in [1.29, 1.82) is 0 Å². The zero-order chi connectivity index (χ0) is 24.1. The molecule has 1 aromatic carbocycles. The molecular weight excluding hydrogens is 428 g/mol. The standard InChI is InChI=1S/C28H40N2O4/c1-18-10-19(4-5-24(31)30-6-8-34-9-7-30)14-23(11-18)27(2,3)26(32)29-25-21-12-20-13-22(25)17-28(33,15-20)16-21/h10-11,14,20-22,25,33H,4-9,12-13,15-17H2,1-3H3,(H,29,32)/t20?,21-,22+,25+,28+. The van der Waals surface area contributed by atoms with Gasteiger partial charge in [-0.3, -0.25) is 9.59 Å². The summed E-state index contributed by atoms with van der Waals surface area (Å²) in [6.07, 6.45) is 6.03. The first-order chi connectivity index (χ1) is 16.1. The van der Waals surface area contributed by atoms with Gasteiger partial charge >= 0.3 is 0 Å². The largest absolute Gasteiger partial charge is 0.390 e. The van der Waals surface area contributed by atoms with Crippen LogP contribution in [0.2, 0.25) is 0 Å². The van der Waals surface area contributed by atoms with Crippen LogP contribution in [-0.2, 0) is 26.2 Å². The van der Waals surface area contributed by atoms with E-state index < -0.39 is 11.0 Å². The Bertz CT molecular complexity index is 936. The lowest BCUT2D eigenvalue weighted by molar-refractivity contribution is -0.148. The van der Waals surface area contributed by atoms with Gasteiger partial charge in [0.1, 0.15) is 0 Å². The van der Waals surface area contributed by atoms with Gasteiger partial charge in [-0.25, -0.2) is 0 Å². The molecule has 2 N–H and O–H groups in total. The molecule has 5 atom stereocenters. The summed E-state index contributed by atoms with van der Waals surface area (Å²) in [5.41, 5.74) is 2.07. The summed E-state index contributed by atoms with van der Waals surface area (Å²) in [6.45, 7) is 8.65. The number of carbonyl (C=O) groups is 2. The van der Waals surface area contributed by atoms with Crippen LogP contribution in [0.3, 0.4) is 0 Å². The van der Waals surface area contributed by atoms with E-state index in [1.807, 2.05) is 18.7 Å². The third kappa shape index (κ3) is 4.64.